The lowest BCUT2D eigenvalue weighted by atomic mass is 9.82. The summed E-state index contributed by atoms with van der Waals surface area (Å²) in [6, 6.07) is 10.1. The van der Waals surface area contributed by atoms with Gasteiger partial charge in [0.1, 0.15) is 5.75 Å². The molecular formula is C26H34N4O2S. The van der Waals surface area contributed by atoms with E-state index in [1.807, 2.05) is 24.4 Å². The number of ether oxygens (including phenoxy) is 1. The van der Waals surface area contributed by atoms with Gasteiger partial charge in [0.15, 0.2) is 5.16 Å². The molecule has 1 aliphatic heterocycles. The average molecular weight is 467 g/mol. The van der Waals surface area contributed by atoms with Gasteiger partial charge in [0.2, 0.25) is 0 Å². The number of hydrogen-bond donors (Lipinski definition) is 1. The molecule has 0 saturated carbocycles. The number of aliphatic hydroxyl groups is 1. The fourth-order valence-electron chi connectivity index (χ4n) is 4.84. The van der Waals surface area contributed by atoms with Crippen LogP contribution in [-0.2, 0) is 6.42 Å². The second kappa shape index (κ2) is 12.3. The molecule has 4 rings (SSSR count). The van der Waals surface area contributed by atoms with Gasteiger partial charge < -0.3 is 14.7 Å². The lowest BCUT2D eigenvalue weighted by molar-refractivity contribution is 0.0677. The number of benzene rings is 1. The zero-order valence-corrected chi connectivity index (χ0v) is 20.2. The molecule has 0 aliphatic carbocycles. The van der Waals surface area contributed by atoms with E-state index in [1.54, 1.807) is 31.3 Å². The van der Waals surface area contributed by atoms with Crippen LogP contribution in [0.15, 0.2) is 54.1 Å². The van der Waals surface area contributed by atoms with Gasteiger partial charge in [0, 0.05) is 42.9 Å². The number of thioether (sulfide) groups is 1. The summed E-state index contributed by atoms with van der Waals surface area (Å²) in [4.78, 5) is 15.6. The molecule has 1 aliphatic rings. The summed E-state index contributed by atoms with van der Waals surface area (Å²) in [6.07, 6.45) is 11.1. The molecule has 0 unspecified atom stereocenters. The van der Waals surface area contributed by atoms with Crippen LogP contribution in [0.25, 0.3) is 10.9 Å². The molecule has 1 fully saturated rings. The summed E-state index contributed by atoms with van der Waals surface area (Å²) in [5.74, 6) is 2.87. The number of aromatic nitrogens is 3. The van der Waals surface area contributed by atoms with E-state index in [2.05, 4.69) is 32.0 Å². The number of methoxy groups -OCH3 is 1. The minimum Gasteiger partial charge on any atom is -0.497 e. The van der Waals surface area contributed by atoms with Gasteiger partial charge in [-0.1, -0.05) is 11.8 Å². The highest BCUT2D eigenvalue weighted by Gasteiger charge is 2.28. The Morgan fingerprint density at radius 2 is 1.97 bits per heavy atom. The van der Waals surface area contributed by atoms with Crippen molar-refractivity contribution in [3.63, 3.8) is 0 Å². The van der Waals surface area contributed by atoms with Crippen LogP contribution in [0.2, 0.25) is 0 Å². The first kappa shape index (κ1) is 23.9. The molecule has 2 atom stereocenters. The van der Waals surface area contributed by atoms with E-state index in [1.165, 1.54) is 17.4 Å². The first-order valence-corrected chi connectivity index (χ1v) is 12.9. The fraction of sp³-hybridized carbons (Fsp3) is 0.500. The SMILES string of the molecule is COc1ccc2nccc(CCC[C@@H]3CCN(CCCSc4ncccn4)C[C@@H]3CO)c2c1. The van der Waals surface area contributed by atoms with Gasteiger partial charge in [-0.2, -0.15) is 0 Å². The Morgan fingerprint density at radius 1 is 1.09 bits per heavy atom. The zero-order valence-electron chi connectivity index (χ0n) is 19.4. The number of pyridine rings is 1. The van der Waals surface area contributed by atoms with Gasteiger partial charge >= 0.3 is 0 Å². The van der Waals surface area contributed by atoms with E-state index in [4.69, 9.17) is 4.74 Å². The molecule has 0 radical (unpaired) electrons. The van der Waals surface area contributed by atoms with Gasteiger partial charge in [-0.25, -0.2) is 9.97 Å². The van der Waals surface area contributed by atoms with Crippen LogP contribution >= 0.6 is 11.8 Å². The van der Waals surface area contributed by atoms with Crippen molar-refractivity contribution in [3.8, 4) is 5.75 Å². The Hall–Kier alpha value is -2.22. The molecule has 2 aromatic heterocycles. The molecule has 1 aromatic carbocycles. The number of aryl methyl sites for hydroxylation is 1. The molecule has 1 N–H and O–H groups in total. The molecule has 33 heavy (non-hydrogen) atoms. The van der Waals surface area contributed by atoms with Gasteiger partial charge in [0.05, 0.1) is 12.6 Å². The quantitative estimate of drug-likeness (QED) is 0.254. The number of nitrogens with zero attached hydrogens (tertiary/aromatic N) is 4. The maximum absolute atomic E-state index is 10.0. The second-order valence-corrected chi connectivity index (χ2v) is 9.83. The summed E-state index contributed by atoms with van der Waals surface area (Å²) >= 11 is 1.72. The Bertz CT molecular complexity index is 1000. The molecule has 0 amide bonds. The third-order valence-electron chi connectivity index (χ3n) is 6.66. The van der Waals surface area contributed by atoms with Crippen LogP contribution in [-0.4, -0.2) is 64.1 Å². The molecule has 7 heteroatoms. The van der Waals surface area contributed by atoms with Gasteiger partial charge in [0.25, 0.3) is 0 Å². The molecular weight excluding hydrogens is 432 g/mol. The lowest BCUT2D eigenvalue weighted by Gasteiger charge is -2.38. The van der Waals surface area contributed by atoms with Crippen molar-refractivity contribution in [1.29, 1.82) is 0 Å². The lowest BCUT2D eigenvalue weighted by Crippen LogP contribution is -2.42. The van der Waals surface area contributed by atoms with E-state index in [-0.39, 0.29) is 6.61 Å². The standard InChI is InChI=1S/C26H34N4O2S/c1-32-23-7-8-25-24(17-23)21(9-13-27-25)6-2-5-20-10-15-30(18-22(20)19-31)14-4-16-33-26-28-11-3-12-29-26/h3,7-9,11-13,17,20,22,31H,2,4-6,10,14-16,18-19H2,1H3/t20-,22-/m1/s1. The smallest absolute Gasteiger partial charge is 0.187 e. The maximum Gasteiger partial charge on any atom is 0.187 e. The topological polar surface area (TPSA) is 71.4 Å². The number of piperidine rings is 1. The monoisotopic (exact) mass is 466 g/mol. The van der Waals surface area contributed by atoms with Crippen LogP contribution < -0.4 is 4.74 Å². The Balaban J connectivity index is 1.22. The van der Waals surface area contributed by atoms with Crippen molar-refractivity contribution < 1.29 is 9.84 Å². The van der Waals surface area contributed by atoms with Crippen molar-refractivity contribution in [2.75, 3.05) is 39.1 Å². The molecule has 0 bridgehead atoms. The summed E-state index contributed by atoms with van der Waals surface area (Å²) in [5, 5.41) is 12.1. The first-order valence-electron chi connectivity index (χ1n) is 11.9. The van der Waals surface area contributed by atoms with Crippen molar-refractivity contribution >= 4 is 22.7 Å². The first-order chi connectivity index (χ1) is 16.3. The van der Waals surface area contributed by atoms with Gasteiger partial charge in [-0.3, -0.25) is 4.98 Å². The fourth-order valence-corrected chi connectivity index (χ4v) is 5.57. The minimum atomic E-state index is 0.281. The summed E-state index contributed by atoms with van der Waals surface area (Å²) in [5.41, 5.74) is 2.35. The highest BCUT2D eigenvalue weighted by atomic mass is 32.2. The summed E-state index contributed by atoms with van der Waals surface area (Å²) in [7, 11) is 1.70. The second-order valence-electron chi connectivity index (χ2n) is 8.77. The molecule has 0 spiro atoms. The summed E-state index contributed by atoms with van der Waals surface area (Å²) < 4.78 is 5.41. The van der Waals surface area contributed by atoms with Gasteiger partial charge in [-0.05, 0) is 92.9 Å². The van der Waals surface area contributed by atoms with Crippen LogP contribution in [0.5, 0.6) is 5.75 Å². The zero-order chi connectivity index (χ0) is 22.9. The Kier molecular flexibility index (Phi) is 8.92. The third kappa shape index (κ3) is 6.65. The largest absolute Gasteiger partial charge is 0.497 e. The summed E-state index contributed by atoms with van der Waals surface area (Å²) in [6.45, 7) is 3.49. The predicted octanol–water partition coefficient (Wildman–Crippen LogP) is 4.47. The van der Waals surface area contributed by atoms with Crippen molar-refractivity contribution in [3.05, 3.63) is 54.5 Å². The molecule has 3 heterocycles. The number of hydrogen-bond acceptors (Lipinski definition) is 7. The Labute approximate surface area is 200 Å². The van der Waals surface area contributed by atoms with Crippen LogP contribution in [0.1, 0.15) is 31.2 Å². The normalized spacial score (nSPS) is 19.1. The van der Waals surface area contributed by atoms with Gasteiger partial charge in [-0.15, -0.1) is 0 Å². The number of rotatable bonds is 11. The molecule has 6 nitrogen and oxygen atoms in total. The van der Waals surface area contributed by atoms with E-state index >= 15 is 0 Å². The van der Waals surface area contributed by atoms with Crippen molar-refractivity contribution in [1.82, 2.24) is 19.9 Å². The Morgan fingerprint density at radius 3 is 2.79 bits per heavy atom. The molecule has 176 valence electrons. The van der Waals surface area contributed by atoms with Crippen LogP contribution in [0, 0.1) is 11.8 Å². The number of likely N-dealkylation sites (tertiary alicyclic amines) is 1. The average Bonchev–Trinajstić information content (AvgIpc) is 2.87. The van der Waals surface area contributed by atoms with E-state index in [0.717, 1.165) is 67.5 Å². The minimum absolute atomic E-state index is 0.281. The number of aliphatic hydroxyl groups excluding tert-OH is 1. The third-order valence-corrected chi connectivity index (χ3v) is 7.62. The van der Waals surface area contributed by atoms with Crippen LogP contribution in [0.4, 0.5) is 0 Å². The highest BCUT2D eigenvalue weighted by Crippen LogP contribution is 2.30. The van der Waals surface area contributed by atoms with Crippen molar-refractivity contribution in [2.45, 2.75) is 37.3 Å². The number of fused-ring (bicyclic) bond motifs is 1. The van der Waals surface area contributed by atoms with E-state index < -0.39 is 0 Å². The van der Waals surface area contributed by atoms with Crippen molar-refractivity contribution in [2.24, 2.45) is 11.8 Å². The van der Waals surface area contributed by atoms with E-state index in [0.29, 0.717) is 11.8 Å². The molecule has 1 saturated heterocycles. The maximum atomic E-state index is 10.0. The van der Waals surface area contributed by atoms with E-state index in [9.17, 15) is 5.11 Å². The highest BCUT2D eigenvalue weighted by molar-refractivity contribution is 7.99. The predicted molar refractivity (Wildman–Crippen MR) is 134 cm³/mol. The van der Waals surface area contributed by atoms with Crippen LogP contribution in [0.3, 0.4) is 0 Å². The molecule has 3 aromatic rings.